The van der Waals surface area contributed by atoms with E-state index in [-0.39, 0.29) is 10.7 Å². The average Bonchev–Trinajstić information content (AvgIpc) is 3.17. The first-order valence-corrected chi connectivity index (χ1v) is 10.0. The molecule has 0 unspecified atom stereocenters. The highest BCUT2D eigenvalue weighted by molar-refractivity contribution is 7.80. The Kier molecular flexibility index (Phi) is 5.47. The largest absolute Gasteiger partial charge is 0.457 e. The first-order chi connectivity index (χ1) is 14.3. The van der Waals surface area contributed by atoms with Crippen LogP contribution in [0.25, 0.3) is 17.4 Å². The number of amides is 2. The summed E-state index contributed by atoms with van der Waals surface area (Å²) in [4.78, 5) is 26.7. The number of rotatable bonds is 3. The molecule has 8 heteroatoms. The third-order valence-corrected chi connectivity index (χ3v) is 5.63. The highest BCUT2D eigenvalue weighted by Gasteiger charge is 2.34. The number of carbonyl (C=O) groups excluding carboxylic acids is 2. The summed E-state index contributed by atoms with van der Waals surface area (Å²) < 4.78 is 5.79. The molecule has 0 aliphatic carbocycles. The van der Waals surface area contributed by atoms with Crippen molar-refractivity contribution in [1.82, 2.24) is 5.32 Å². The number of nitrogens with one attached hydrogen (secondary N) is 1. The van der Waals surface area contributed by atoms with Crippen LogP contribution in [0.2, 0.25) is 10.0 Å². The molecule has 1 saturated heterocycles. The van der Waals surface area contributed by atoms with E-state index in [2.05, 4.69) is 5.32 Å². The summed E-state index contributed by atoms with van der Waals surface area (Å²) in [6.07, 6.45) is 1.38. The van der Waals surface area contributed by atoms with Crippen molar-refractivity contribution in [2.24, 2.45) is 0 Å². The predicted octanol–water partition coefficient (Wildman–Crippen LogP) is 5.39. The van der Waals surface area contributed by atoms with Crippen molar-refractivity contribution in [2.75, 3.05) is 4.90 Å². The van der Waals surface area contributed by atoms with Crippen LogP contribution < -0.4 is 10.2 Å². The molecule has 1 aliphatic heterocycles. The van der Waals surface area contributed by atoms with Crippen LogP contribution in [0.3, 0.4) is 0 Å². The number of anilines is 1. The normalized spacial score (nSPS) is 15.6. The van der Waals surface area contributed by atoms with Gasteiger partial charge in [-0.25, -0.2) is 0 Å². The predicted molar refractivity (Wildman–Crippen MR) is 122 cm³/mol. The lowest BCUT2D eigenvalue weighted by atomic mass is 10.1. The van der Waals surface area contributed by atoms with Crippen molar-refractivity contribution >= 4 is 64.1 Å². The van der Waals surface area contributed by atoms with Crippen LogP contribution in [0.5, 0.6) is 0 Å². The van der Waals surface area contributed by atoms with Gasteiger partial charge in [0.2, 0.25) is 0 Å². The van der Waals surface area contributed by atoms with Gasteiger partial charge in [-0.15, -0.1) is 0 Å². The molecule has 0 radical (unpaired) electrons. The second-order valence-electron chi connectivity index (χ2n) is 6.60. The Bertz CT molecular complexity index is 1220. The molecular formula is C22H14Cl2N2O3S. The monoisotopic (exact) mass is 456 g/mol. The number of furan rings is 1. The van der Waals surface area contributed by atoms with Crippen molar-refractivity contribution in [1.29, 1.82) is 0 Å². The Balaban J connectivity index is 1.69. The summed E-state index contributed by atoms with van der Waals surface area (Å²) in [5.74, 6) is -0.349. The van der Waals surface area contributed by atoms with Gasteiger partial charge in [0.1, 0.15) is 17.1 Å². The summed E-state index contributed by atoms with van der Waals surface area (Å²) in [5.41, 5.74) is 2.11. The molecule has 2 amide bonds. The van der Waals surface area contributed by atoms with Gasteiger partial charge in [0.15, 0.2) is 5.11 Å². The molecule has 1 aromatic heterocycles. The number of aryl methyl sites for hydroxylation is 1. The smallest absolute Gasteiger partial charge is 0.270 e. The van der Waals surface area contributed by atoms with Crippen LogP contribution in [-0.2, 0) is 9.59 Å². The summed E-state index contributed by atoms with van der Waals surface area (Å²) in [5, 5.41) is 3.33. The first kappa shape index (κ1) is 20.3. The number of halogens is 2. The molecule has 0 spiro atoms. The molecule has 30 heavy (non-hydrogen) atoms. The molecule has 5 nitrogen and oxygen atoms in total. The maximum Gasteiger partial charge on any atom is 0.270 e. The molecule has 1 fully saturated rings. The minimum absolute atomic E-state index is 0.0249. The van der Waals surface area contributed by atoms with E-state index in [0.717, 1.165) is 5.56 Å². The maximum absolute atomic E-state index is 13.0. The van der Waals surface area contributed by atoms with Crippen LogP contribution in [0.4, 0.5) is 5.69 Å². The van der Waals surface area contributed by atoms with Crippen LogP contribution in [0, 0.1) is 6.92 Å². The Morgan fingerprint density at radius 1 is 1.03 bits per heavy atom. The molecule has 3 aromatic rings. The maximum atomic E-state index is 13.0. The van der Waals surface area contributed by atoms with E-state index in [9.17, 15) is 9.59 Å². The Morgan fingerprint density at radius 2 is 1.77 bits per heavy atom. The van der Waals surface area contributed by atoms with Crippen LogP contribution in [0.15, 0.2) is 64.6 Å². The van der Waals surface area contributed by atoms with Crippen molar-refractivity contribution in [3.63, 3.8) is 0 Å². The molecule has 0 bridgehead atoms. The van der Waals surface area contributed by atoms with E-state index in [1.807, 2.05) is 19.1 Å². The van der Waals surface area contributed by atoms with E-state index < -0.39 is 11.8 Å². The minimum Gasteiger partial charge on any atom is -0.457 e. The lowest BCUT2D eigenvalue weighted by Gasteiger charge is -2.28. The van der Waals surface area contributed by atoms with Gasteiger partial charge in [-0.05, 0) is 61.6 Å². The molecule has 2 heterocycles. The molecular weight excluding hydrogens is 443 g/mol. The SMILES string of the molecule is Cc1ccc(N2C(=O)/C(=C\c3ccc(-c4cccc(Cl)c4Cl)o3)C(=O)NC2=S)cc1. The number of hydrogen-bond acceptors (Lipinski definition) is 4. The van der Waals surface area contributed by atoms with Gasteiger partial charge < -0.3 is 4.42 Å². The molecule has 1 aliphatic rings. The third kappa shape index (κ3) is 3.77. The molecule has 4 rings (SSSR count). The second kappa shape index (κ2) is 8.07. The lowest BCUT2D eigenvalue weighted by molar-refractivity contribution is -0.122. The molecule has 1 N–H and O–H groups in total. The number of hydrogen-bond donors (Lipinski definition) is 1. The van der Waals surface area contributed by atoms with Crippen LogP contribution in [-0.4, -0.2) is 16.9 Å². The Morgan fingerprint density at radius 3 is 2.50 bits per heavy atom. The van der Waals surface area contributed by atoms with E-state index in [1.54, 1.807) is 42.5 Å². The Labute approximate surface area is 187 Å². The fourth-order valence-electron chi connectivity index (χ4n) is 3.00. The number of benzene rings is 2. The molecule has 0 saturated carbocycles. The van der Waals surface area contributed by atoms with Crippen molar-refractivity contribution in [3.05, 3.63) is 81.5 Å². The number of carbonyl (C=O) groups is 2. The quantitative estimate of drug-likeness (QED) is 0.325. The van der Waals surface area contributed by atoms with E-state index >= 15 is 0 Å². The van der Waals surface area contributed by atoms with E-state index in [0.29, 0.717) is 32.8 Å². The minimum atomic E-state index is -0.591. The van der Waals surface area contributed by atoms with Gasteiger partial charge in [-0.3, -0.25) is 19.8 Å². The fourth-order valence-corrected chi connectivity index (χ4v) is 3.67. The standard InChI is InChI=1S/C22H14Cl2N2O3S/c1-12-5-7-13(8-6-12)26-21(28)16(20(27)25-22(26)30)11-14-9-10-18(29-14)15-3-2-4-17(23)19(15)24/h2-11H,1H3,(H,25,27,30)/b16-11-. The highest BCUT2D eigenvalue weighted by atomic mass is 35.5. The fraction of sp³-hybridized carbons (Fsp3) is 0.0455. The zero-order valence-electron chi connectivity index (χ0n) is 15.6. The zero-order chi connectivity index (χ0) is 21.4. The number of thiocarbonyl (C=S) groups is 1. The summed E-state index contributed by atoms with van der Waals surface area (Å²) in [6.45, 7) is 1.94. The van der Waals surface area contributed by atoms with Gasteiger partial charge in [-0.1, -0.05) is 47.0 Å². The van der Waals surface area contributed by atoms with Crippen molar-refractivity contribution in [3.8, 4) is 11.3 Å². The topological polar surface area (TPSA) is 62.6 Å². The summed E-state index contributed by atoms with van der Waals surface area (Å²) in [7, 11) is 0. The molecule has 0 atom stereocenters. The molecule has 2 aromatic carbocycles. The van der Waals surface area contributed by atoms with Crippen LogP contribution >= 0.6 is 35.4 Å². The summed E-state index contributed by atoms with van der Waals surface area (Å²) in [6, 6.07) is 15.8. The van der Waals surface area contributed by atoms with Gasteiger partial charge in [0.05, 0.1) is 15.7 Å². The van der Waals surface area contributed by atoms with Gasteiger partial charge >= 0.3 is 0 Å². The first-order valence-electron chi connectivity index (χ1n) is 8.87. The van der Waals surface area contributed by atoms with Gasteiger partial charge in [-0.2, -0.15) is 0 Å². The van der Waals surface area contributed by atoms with E-state index in [4.69, 9.17) is 39.8 Å². The van der Waals surface area contributed by atoms with Crippen molar-refractivity contribution < 1.29 is 14.0 Å². The number of nitrogens with zero attached hydrogens (tertiary/aromatic N) is 1. The summed E-state index contributed by atoms with van der Waals surface area (Å²) >= 11 is 17.5. The zero-order valence-corrected chi connectivity index (χ0v) is 17.9. The average molecular weight is 457 g/mol. The van der Waals surface area contributed by atoms with Gasteiger partial charge in [0.25, 0.3) is 11.8 Å². The molecule has 150 valence electrons. The van der Waals surface area contributed by atoms with Gasteiger partial charge in [0, 0.05) is 5.56 Å². The Hall–Kier alpha value is -2.93. The van der Waals surface area contributed by atoms with E-state index in [1.165, 1.54) is 11.0 Å². The second-order valence-corrected chi connectivity index (χ2v) is 7.77. The third-order valence-electron chi connectivity index (χ3n) is 4.52. The highest BCUT2D eigenvalue weighted by Crippen LogP contribution is 2.34. The lowest BCUT2D eigenvalue weighted by Crippen LogP contribution is -2.54. The van der Waals surface area contributed by atoms with Crippen molar-refractivity contribution in [2.45, 2.75) is 6.92 Å². The van der Waals surface area contributed by atoms with Crippen LogP contribution in [0.1, 0.15) is 11.3 Å².